The molecule has 0 atom stereocenters. The van der Waals surface area contributed by atoms with Gasteiger partial charge in [0.05, 0.1) is 24.8 Å². The van der Waals surface area contributed by atoms with E-state index in [1.54, 1.807) is 6.07 Å². The van der Waals surface area contributed by atoms with E-state index in [2.05, 4.69) is 29.2 Å². The smallest absolute Gasteiger partial charge is 0.335 e. The number of aromatic carboxylic acids is 1. The van der Waals surface area contributed by atoms with Crippen LogP contribution in [0.2, 0.25) is 0 Å². The van der Waals surface area contributed by atoms with Crippen molar-refractivity contribution in [2.45, 2.75) is 13.8 Å². The minimum Gasteiger partial charge on any atom is -0.496 e. The van der Waals surface area contributed by atoms with Crippen molar-refractivity contribution in [3.63, 3.8) is 0 Å². The Morgan fingerprint density at radius 2 is 1.81 bits per heavy atom. The van der Waals surface area contributed by atoms with Gasteiger partial charge in [0.15, 0.2) is 0 Å². The van der Waals surface area contributed by atoms with Crippen molar-refractivity contribution in [1.82, 2.24) is 10.1 Å². The molecular weight excluding hydrogens is 408 g/mol. The van der Waals surface area contributed by atoms with Gasteiger partial charge in [0.1, 0.15) is 11.5 Å². The van der Waals surface area contributed by atoms with Crippen LogP contribution in [-0.2, 0) is 0 Å². The normalized spacial score (nSPS) is 10.7. The van der Waals surface area contributed by atoms with Crippen molar-refractivity contribution in [3.05, 3.63) is 71.8 Å². The zero-order valence-corrected chi connectivity index (χ0v) is 18.0. The molecule has 0 saturated carbocycles. The highest BCUT2D eigenvalue weighted by Gasteiger charge is 2.18. The molecule has 0 bridgehead atoms. The highest BCUT2D eigenvalue weighted by molar-refractivity contribution is 5.90. The van der Waals surface area contributed by atoms with E-state index < -0.39 is 5.97 Å². The summed E-state index contributed by atoms with van der Waals surface area (Å²) in [5, 5.41) is 13.3. The van der Waals surface area contributed by atoms with Crippen LogP contribution in [0.4, 0.5) is 0 Å². The molecule has 4 rings (SSSR count). The molecule has 4 aromatic rings. The highest BCUT2D eigenvalue weighted by Crippen LogP contribution is 2.36. The Morgan fingerprint density at radius 1 is 1.00 bits per heavy atom. The molecule has 32 heavy (non-hydrogen) atoms. The van der Waals surface area contributed by atoms with Gasteiger partial charge >= 0.3 is 5.97 Å². The van der Waals surface area contributed by atoms with Gasteiger partial charge in [-0.2, -0.15) is 4.98 Å². The number of hydrogen-bond acceptors (Lipinski definition) is 6. The van der Waals surface area contributed by atoms with Crippen LogP contribution in [0.5, 0.6) is 11.5 Å². The van der Waals surface area contributed by atoms with Crippen LogP contribution in [0.25, 0.3) is 34.0 Å². The second-order valence-corrected chi connectivity index (χ2v) is 7.10. The number of ether oxygens (including phenoxy) is 2. The van der Waals surface area contributed by atoms with Crippen LogP contribution in [0.1, 0.15) is 22.8 Å². The topological polar surface area (TPSA) is 94.7 Å². The number of methoxy groups -OCH3 is 1. The minimum absolute atomic E-state index is 0.105. The molecule has 0 saturated heterocycles. The van der Waals surface area contributed by atoms with E-state index in [0.717, 1.165) is 16.7 Å². The minimum atomic E-state index is -1.05. The average Bonchev–Trinajstić information content (AvgIpc) is 3.29. The van der Waals surface area contributed by atoms with Gasteiger partial charge in [-0.25, -0.2) is 4.79 Å². The molecule has 0 amide bonds. The van der Waals surface area contributed by atoms with Gasteiger partial charge in [-0.1, -0.05) is 29.4 Å². The standard InChI is InChI=1S/C25H22N2O5/c1-4-31-22-14-16(9-11-19(22)18-8-6-5-7-15(18)2)24-26-23(27-32-24)20-13-17(25(28)29)10-12-21(20)30-3/h5-14H,4H2,1-3H3,(H,28,29). The molecule has 0 aliphatic carbocycles. The fourth-order valence-corrected chi connectivity index (χ4v) is 3.49. The quantitative estimate of drug-likeness (QED) is 0.414. The third-order valence-electron chi connectivity index (χ3n) is 5.08. The SMILES string of the molecule is CCOc1cc(-c2nc(-c3cc(C(=O)O)ccc3OC)no2)ccc1-c1ccccc1C. The van der Waals surface area contributed by atoms with Gasteiger partial charge in [0.25, 0.3) is 5.89 Å². The van der Waals surface area contributed by atoms with Gasteiger partial charge in [-0.15, -0.1) is 0 Å². The second kappa shape index (κ2) is 8.93. The number of rotatable bonds is 7. The van der Waals surface area contributed by atoms with Gasteiger partial charge < -0.3 is 19.1 Å². The zero-order valence-electron chi connectivity index (χ0n) is 18.0. The van der Waals surface area contributed by atoms with Crippen LogP contribution in [-0.4, -0.2) is 34.9 Å². The zero-order chi connectivity index (χ0) is 22.7. The summed E-state index contributed by atoms with van der Waals surface area (Å²) in [7, 11) is 1.50. The molecular formula is C25H22N2O5. The van der Waals surface area contributed by atoms with Crippen molar-refractivity contribution >= 4 is 5.97 Å². The number of aromatic nitrogens is 2. The lowest BCUT2D eigenvalue weighted by Gasteiger charge is -2.13. The first-order valence-electron chi connectivity index (χ1n) is 10.1. The Labute approximate surface area is 185 Å². The molecule has 7 nitrogen and oxygen atoms in total. The summed E-state index contributed by atoms with van der Waals surface area (Å²) in [6, 6.07) is 18.3. The van der Waals surface area contributed by atoms with Crippen LogP contribution in [0, 0.1) is 6.92 Å². The van der Waals surface area contributed by atoms with Crippen molar-refractivity contribution in [3.8, 4) is 45.5 Å². The fourth-order valence-electron chi connectivity index (χ4n) is 3.49. The number of hydrogen-bond donors (Lipinski definition) is 1. The van der Waals surface area contributed by atoms with E-state index in [1.807, 2.05) is 37.3 Å². The molecule has 0 spiro atoms. The fraction of sp³-hybridized carbons (Fsp3) is 0.160. The predicted molar refractivity (Wildman–Crippen MR) is 120 cm³/mol. The molecule has 1 heterocycles. The lowest BCUT2D eigenvalue weighted by atomic mass is 9.98. The van der Waals surface area contributed by atoms with Gasteiger partial charge in [0.2, 0.25) is 5.82 Å². The molecule has 0 radical (unpaired) electrons. The van der Waals surface area contributed by atoms with Crippen LogP contribution in [0.3, 0.4) is 0 Å². The monoisotopic (exact) mass is 430 g/mol. The summed E-state index contributed by atoms with van der Waals surface area (Å²) < 4.78 is 16.7. The summed E-state index contributed by atoms with van der Waals surface area (Å²) in [5.74, 6) is 0.642. The molecule has 162 valence electrons. The molecule has 0 aliphatic heterocycles. The lowest BCUT2D eigenvalue weighted by Crippen LogP contribution is -1.98. The van der Waals surface area contributed by atoms with Crippen molar-refractivity contribution < 1.29 is 23.9 Å². The van der Waals surface area contributed by atoms with Gasteiger partial charge in [-0.3, -0.25) is 0 Å². The first-order chi connectivity index (χ1) is 15.5. The molecule has 7 heteroatoms. The van der Waals surface area contributed by atoms with Crippen molar-refractivity contribution in [2.75, 3.05) is 13.7 Å². The number of benzene rings is 3. The highest BCUT2D eigenvalue weighted by atomic mass is 16.5. The average molecular weight is 430 g/mol. The van der Waals surface area contributed by atoms with Gasteiger partial charge in [-0.05, 0) is 61.4 Å². The van der Waals surface area contributed by atoms with Crippen LogP contribution < -0.4 is 9.47 Å². The van der Waals surface area contributed by atoms with Crippen molar-refractivity contribution in [2.24, 2.45) is 0 Å². The molecule has 0 aliphatic rings. The number of nitrogens with zero attached hydrogens (tertiary/aromatic N) is 2. The number of carboxylic acid groups (broad SMARTS) is 1. The van der Waals surface area contributed by atoms with E-state index in [9.17, 15) is 9.90 Å². The maximum atomic E-state index is 11.4. The largest absolute Gasteiger partial charge is 0.496 e. The molecule has 3 aromatic carbocycles. The Bertz CT molecular complexity index is 1280. The summed E-state index contributed by atoms with van der Waals surface area (Å²) in [4.78, 5) is 15.8. The Kier molecular flexibility index (Phi) is 5.89. The Balaban J connectivity index is 1.75. The number of carboxylic acids is 1. The molecule has 0 unspecified atom stereocenters. The third kappa shape index (κ3) is 4.05. The van der Waals surface area contributed by atoms with Crippen molar-refractivity contribution in [1.29, 1.82) is 0 Å². The van der Waals surface area contributed by atoms with Gasteiger partial charge in [0, 0.05) is 11.1 Å². The Morgan fingerprint density at radius 3 is 2.53 bits per heavy atom. The summed E-state index contributed by atoms with van der Waals surface area (Å²) in [5.41, 5.74) is 4.44. The summed E-state index contributed by atoms with van der Waals surface area (Å²) >= 11 is 0. The Hall–Kier alpha value is -4.13. The summed E-state index contributed by atoms with van der Waals surface area (Å²) in [6.45, 7) is 4.50. The first kappa shape index (κ1) is 21.1. The number of carbonyl (C=O) groups is 1. The predicted octanol–water partition coefficient (Wildman–Crippen LogP) is 5.48. The summed E-state index contributed by atoms with van der Waals surface area (Å²) in [6.07, 6.45) is 0. The molecule has 0 fully saturated rings. The van der Waals surface area contributed by atoms with Crippen LogP contribution in [0.15, 0.2) is 65.2 Å². The first-order valence-corrected chi connectivity index (χ1v) is 10.1. The number of aryl methyl sites for hydroxylation is 1. The van der Waals surface area contributed by atoms with E-state index in [0.29, 0.717) is 35.1 Å². The van der Waals surface area contributed by atoms with E-state index in [1.165, 1.54) is 19.2 Å². The maximum Gasteiger partial charge on any atom is 0.335 e. The van der Waals surface area contributed by atoms with E-state index in [4.69, 9.17) is 14.0 Å². The maximum absolute atomic E-state index is 11.4. The van der Waals surface area contributed by atoms with Crippen LogP contribution >= 0.6 is 0 Å². The van der Waals surface area contributed by atoms with E-state index in [-0.39, 0.29) is 11.4 Å². The van der Waals surface area contributed by atoms with E-state index >= 15 is 0 Å². The molecule has 1 N–H and O–H groups in total. The second-order valence-electron chi connectivity index (χ2n) is 7.10. The third-order valence-corrected chi connectivity index (χ3v) is 5.08. The lowest BCUT2D eigenvalue weighted by molar-refractivity contribution is 0.0697. The molecule has 1 aromatic heterocycles.